The Labute approximate surface area is 334 Å². The van der Waals surface area contributed by atoms with Crippen molar-refractivity contribution in [3.8, 4) is 33.8 Å². The van der Waals surface area contributed by atoms with Crippen LogP contribution in [0.5, 0.6) is 11.5 Å². The zero-order valence-corrected chi connectivity index (χ0v) is 33.7. The standard InChI is InChI=1S/C20H22O4.C17H18O4.C8H14O4/c1-19(2)22-13-20(3,14-23-19)18(21)24-17-11-9-16(10-12-17)15-7-5-4-6-8-15;1-17(11-18,12-19)16(20)21-15-9-7-14(8-10-15)13-5-3-2-4-6-13;1-7(2)10-4-8(3,5-11-7)12-6-9/h4-12H,13-14H2,1-3H3;2-10,18-19H,11-12H2,1H3;6H,4-5H2,1-3H3. The largest absolute Gasteiger partial charge is 0.457 e. The lowest BCUT2D eigenvalue weighted by Crippen LogP contribution is -2.50. The summed E-state index contributed by atoms with van der Waals surface area (Å²) in [7, 11) is 0. The van der Waals surface area contributed by atoms with Crippen LogP contribution in [0.1, 0.15) is 48.5 Å². The normalized spacial score (nSPS) is 17.6. The highest BCUT2D eigenvalue weighted by Gasteiger charge is 2.44. The predicted octanol–water partition coefficient (Wildman–Crippen LogP) is 7.00. The molecule has 0 amide bonds. The molecule has 0 aliphatic carbocycles. The van der Waals surface area contributed by atoms with E-state index in [1.807, 2.05) is 113 Å². The molecule has 0 unspecified atom stereocenters. The van der Waals surface area contributed by atoms with Crippen LogP contribution in [0, 0.1) is 10.8 Å². The summed E-state index contributed by atoms with van der Waals surface area (Å²) in [5, 5.41) is 18.3. The third-order valence-electron chi connectivity index (χ3n) is 9.29. The molecule has 0 spiro atoms. The molecule has 6 rings (SSSR count). The van der Waals surface area contributed by atoms with Crippen molar-refractivity contribution in [3.05, 3.63) is 109 Å². The number of hydrogen-bond acceptors (Lipinski definition) is 12. The fourth-order valence-corrected chi connectivity index (χ4v) is 5.12. The molecule has 0 atom stereocenters. The molecule has 57 heavy (non-hydrogen) atoms. The van der Waals surface area contributed by atoms with E-state index in [1.54, 1.807) is 38.1 Å². The van der Waals surface area contributed by atoms with Crippen molar-refractivity contribution in [2.75, 3.05) is 39.6 Å². The molecule has 0 aromatic heterocycles. The van der Waals surface area contributed by atoms with Gasteiger partial charge in [0.15, 0.2) is 17.2 Å². The van der Waals surface area contributed by atoms with Crippen molar-refractivity contribution in [1.29, 1.82) is 0 Å². The number of benzene rings is 4. The Hall–Kier alpha value is -4.95. The summed E-state index contributed by atoms with van der Waals surface area (Å²) in [5.74, 6) is -1.31. The summed E-state index contributed by atoms with van der Waals surface area (Å²) in [6, 6.07) is 34.5. The van der Waals surface area contributed by atoms with Gasteiger partial charge in [-0.2, -0.15) is 0 Å². The van der Waals surface area contributed by atoms with Crippen molar-refractivity contribution in [2.24, 2.45) is 10.8 Å². The Balaban J connectivity index is 0.000000200. The second kappa shape index (κ2) is 19.5. The number of hydrogen-bond donors (Lipinski definition) is 2. The number of carbonyl (C=O) groups excluding carboxylic acids is 3. The molecule has 12 nitrogen and oxygen atoms in total. The van der Waals surface area contributed by atoms with Gasteiger partial charge in [0.05, 0.1) is 39.6 Å². The van der Waals surface area contributed by atoms with Crippen LogP contribution in [0.4, 0.5) is 0 Å². The lowest BCUT2D eigenvalue weighted by Gasteiger charge is -2.39. The van der Waals surface area contributed by atoms with Crippen molar-refractivity contribution < 1.29 is 57.8 Å². The van der Waals surface area contributed by atoms with Gasteiger partial charge in [-0.3, -0.25) is 14.4 Å². The molecule has 2 heterocycles. The summed E-state index contributed by atoms with van der Waals surface area (Å²) in [5.41, 5.74) is 1.57. The third kappa shape index (κ3) is 13.0. The lowest BCUT2D eigenvalue weighted by atomic mass is 9.92. The highest BCUT2D eigenvalue weighted by Crippen LogP contribution is 2.32. The van der Waals surface area contributed by atoms with Crippen LogP contribution in [0.3, 0.4) is 0 Å². The minimum Gasteiger partial charge on any atom is -0.457 e. The molecule has 4 aromatic carbocycles. The van der Waals surface area contributed by atoms with Crippen LogP contribution in [-0.2, 0) is 38.1 Å². The van der Waals surface area contributed by atoms with Crippen LogP contribution in [0.2, 0.25) is 0 Å². The Morgan fingerprint density at radius 3 is 1.35 bits per heavy atom. The number of ether oxygens (including phenoxy) is 7. The van der Waals surface area contributed by atoms with Crippen LogP contribution in [0.25, 0.3) is 22.3 Å². The maximum atomic E-state index is 12.5. The van der Waals surface area contributed by atoms with Gasteiger partial charge < -0.3 is 43.4 Å². The highest BCUT2D eigenvalue weighted by molar-refractivity contribution is 5.80. The van der Waals surface area contributed by atoms with Crippen LogP contribution >= 0.6 is 0 Å². The number of aliphatic hydroxyl groups is 2. The van der Waals surface area contributed by atoms with Crippen LogP contribution < -0.4 is 9.47 Å². The minimum atomic E-state index is -1.29. The molecule has 306 valence electrons. The zero-order valence-electron chi connectivity index (χ0n) is 33.7. The summed E-state index contributed by atoms with van der Waals surface area (Å²) >= 11 is 0. The van der Waals surface area contributed by atoms with E-state index in [4.69, 9.17) is 43.4 Å². The molecule has 4 aromatic rings. The first-order valence-electron chi connectivity index (χ1n) is 18.6. The van der Waals surface area contributed by atoms with Gasteiger partial charge in [0.2, 0.25) is 0 Å². The first kappa shape index (κ1) is 44.8. The van der Waals surface area contributed by atoms with E-state index in [0.717, 1.165) is 22.3 Å². The minimum absolute atomic E-state index is 0.279. The molecule has 2 aliphatic heterocycles. The van der Waals surface area contributed by atoms with Crippen molar-refractivity contribution >= 4 is 18.4 Å². The summed E-state index contributed by atoms with van der Waals surface area (Å²) < 4.78 is 37.4. The summed E-state index contributed by atoms with van der Waals surface area (Å²) in [6.45, 7) is 13.1. The molecule has 0 saturated carbocycles. The first-order valence-corrected chi connectivity index (χ1v) is 18.6. The third-order valence-corrected chi connectivity index (χ3v) is 9.29. The maximum absolute atomic E-state index is 12.5. The van der Waals surface area contributed by atoms with E-state index in [-0.39, 0.29) is 19.2 Å². The molecule has 0 radical (unpaired) electrons. The molecule has 12 heteroatoms. The van der Waals surface area contributed by atoms with E-state index in [0.29, 0.717) is 31.2 Å². The molecule has 2 saturated heterocycles. The maximum Gasteiger partial charge on any atom is 0.321 e. The van der Waals surface area contributed by atoms with E-state index in [1.165, 1.54) is 6.92 Å². The second-order valence-electron chi connectivity index (χ2n) is 15.6. The predicted molar refractivity (Wildman–Crippen MR) is 213 cm³/mol. The van der Waals surface area contributed by atoms with E-state index in [2.05, 4.69) is 0 Å². The van der Waals surface area contributed by atoms with Gasteiger partial charge in [0.25, 0.3) is 6.47 Å². The summed E-state index contributed by atoms with van der Waals surface area (Å²) in [6.07, 6.45) is 0. The molecule has 2 N–H and O–H groups in total. The quantitative estimate of drug-likeness (QED) is 0.0966. The van der Waals surface area contributed by atoms with Gasteiger partial charge in [-0.05, 0) is 95.0 Å². The number of aliphatic hydroxyl groups excluding tert-OH is 2. The molecular formula is C45H54O12. The van der Waals surface area contributed by atoms with Crippen molar-refractivity contribution in [3.63, 3.8) is 0 Å². The Kier molecular flexibility index (Phi) is 15.3. The Morgan fingerprint density at radius 1 is 0.596 bits per heavy atom. The number of carbonyl (C=O) groups is 3. The molecule has 0 bridgehead atoms. The average molecular weight is 787 g/mol. The van der Waals surface area contributed by atoms with Gasteiger partial charge in [0.1, 0.15) is 22.3 Å². The molecular weight excluding hydrogens is 732 g/mol. The van der Waals surface area contributed by atoms with Crippen LogP contribution in [0.15, 0.2) is 109 Å². The van der Waals surface area contributed by atoms with Gasteiger partial charge in [0, 0.05) is 0 Å². The van der Waals surface area contributed by atoms with Crippen molar-refractivity contribution in [1.82, 2.24) is 0 Å². The van der Waals surface area contributed by atoms with E-state index >= 15 is 0 Å². The van der Waals surface area contributed by atoms with Gasteiger partial charge in [-0.15, -0.1) is 0 Å². The Morgan fingerprint density at radius 2 is 0.965 bits per heavy atom. The van der Waals surface area contributed by atoms with Crippen LogP contribution in [-0.4, -0.2) is 85.4 Å². The zero-order chi connectivity index (χ0) is 41.7. The fraction of sp³-hybridized carbons (Fsp3) is 0.400. The Bertz CT molecular complexity index is 1850. The first-order chi connectivity index (χ1) is 26.9. The SMILES string of the molecule is CC(CO)(CO)C(=O)Oc1ccc(-c2ccccc2)cc1.CC1(C)OCC(C)(C(=O)Oc2ccc(-c3ccccc3)cc2)CO1.CC1(OC=O)COC(C)(C)OC1. The van der Waals surface area contributed by atoms with Gasteiger partial charge >= 0.3 is 11.9 Å². The molecule has 2 fully saturated rings. The van der Waals surface area contributed by atoms with Gasteiger partial charge in [-0.25, -0.2) is 0 Å². The molecule has 2 aliphatic rings. The average Bonchev–Trinajstić information content (AvgIpc) is 3.22. The smallest absolute Gasteiger partial charge is 0.321 e. The highest BCUT2D eigenvalue weighted by atomic mass is 16.7. The lowest BCUT2D eigenvalue weighted by molar-refractivity contribution is -0.298. The second-order valence-corrected chi connectivity index (χ2v) is 15.6. The number of rotatable bonds is 10. The number of esters is 2. The van der Waals surface area contributed by atoms with E-state index in [9.17, 15) is 14.4 Å². The van der Waals surface area contributed by atoms with Gasteiger partial charge in [-0.1, -0.05) is 84.9 Å². The fourth-order valence-electron chi connectivity index (χ4n) is 5.12. The summed E-state index contributed by atoms with van der Waals surface area (Å²) in [4.78, 5) is 34.5. The topological polar surface area (TPSA) is 156 Å². The monoisotopic (exact) mass is 786 g/mol. The van der Waals surface area contributed by atoms with Crippen molar-refractivity contribution in [2.45, 2.75) is 65.6 Å². The van der Waals surface area contributed by atoms with E-state index < -0.39 is 47.2 Å².